The first-order valence-corrected chi connectivity index (χ1v) is 10.7. The molecule has 0 saturated carbocycles. The standard InChI is InChI=1S/C17H27N5O4S/c1-6-15-18-19-17(26-15)14-10-21(7-8-25-14)27(23,24)16-12(4)20-22(13(16)5)9-11(2)3/h11,14H,6-10H2,1-5H3/t14-/m0/s1. The van der Waals surface area contributed by atoms with Gasteiger partial charge in [0.25, 0.3) is 0 Å². The van der Waals surface area contributed by atoms with Crippen LogP contribution < -0.4 is 0 Å². The molecule has 0 N–H and O–H groups in total. The Balaban J connectivity index is 1.87. The topological polar surface area (TPSA) is 103 Å². The molecule has 0 spiro atoms. The quantitative estimate of drug-likeness (QED) is 0.733. The molecular weight excluding hydrogens is 370 g/mol. The van der Waals surface area contributed by atoms with Crippen molar-refractivity contribution in [3.05, 3.63) is 23.2 Å². The highest BCUT2D eigenvalue weighted by Crippen LogP contribution is 2.29. The summed E-state index contributed by atoms with van der Waals surface area (Å²) >= 11 is 0. The molecule has 10 heteroatoms. The molecule has 2 aromatic rings. The maximum atomic E-state index is 13.3. The van der Waals surface area contributed by atoms with E-state index in [-0.39, 0.29) is 24.6 Å². The highest BCUT2D eigenvalue weighted by Gasteiger charge is 2.37. The molecule has 1 aliphatic rings. The average molecular weight is 398 g/mol. The Labute approximate surface area is 159 Å². The summed E-state index contributed by atoms with van der Waals surface area (Å²) in [6.45, 7) is 11.0. The largest absolute Gasteiger partial charge is 0.422 e. The van der Waals surface area contributed by atoms with Crippen molar-refractivity contribution in [2.24, 2.45) is 5.92 Å². The van der Waals surface area contributed by atoms with Gasteiger partial charge in [-0.05, 0) is 19.8 Å². The van der Waals surface area contributed by atoms with Crippen molar-refractivity contribution in [1.29, 1.82) is 0 Å². The van der Waals surface area contributed by atoms with E-state index in [1.54, 1.807) is 18.5 Å². The first-order chi connectivity index (χ1) is 12.7. The Hall–Kier alpha value is -1.78. The third-order valence-electron chi connectivity index (χ3n) is 4.54. The molecule has 3 heterocycles. The van der Waals surface area contributed by atoms with Gasteiger partial charge in [0, 0.05) is 26.1 Å². The lowest BCUT2D eigenvalue weighted by Crippen LogP contribution is -2.42. The summed E-state index contributed by atoms with van der Waals surface area (Å²) in [5, 5.41) is 12.4. The molecule has 0 amide bonds. The Morgan fingerprint density at radius 3 is 2.63 bits per heavy atom. The molecule has 0 unspecified atom stereocenters. The van der Waals surface area contributed by atoms with Gasteiger partial charge in [0.1, 0.15) is 11.0 Å². The Morgan fingerprint density at radius 2 is 2.00 bits per heavy atom. The van der Waals surface area contributed by atoms with Crippen LogP contribution >= 0.6 is 0 Å². The molecule has 0 aliphatic carbocycles. The molecule has 0 aromatic carbocycles. The lowest BCUT2D eigenvalue weighted by molar-refractivity contribution is -0.0178. The first kappa shape index (κ1) is 20.0. The van der Waals surface area contributed by atoms with Gasteiger partial charge in [-0.25, -0.2) is 8.42 Å². The molecule has 2 aromatic heterocycles. The Morgan fingerprint density at radius 1 is 1.26 bits per heavy atom. The van der Waals surface area contributed by atoms with Gasteiger partial charge in [0.15, 0.2) is 0 Å². The Bertz CT molecular complexity index is 903. The minimum Gasteiger partial charge on any atom is -0.422 e. The number of sulfonamides is 1. The summed E-state index contributed by atoms with van der Waals surface area (Å²) in [6, 6.07) is 0. The summed E-state index contributed by atoms with van der Waals surface area (Å²) in [5.74, 6) is 1.20. The SMILES string of the molecule is CCc1nnc([C@@H]2CN(S(=O)(=O)c3c(C)nn(CC(C)C)c3C)CCO2)o1. The maximum absolute atomic E-state index is 13.3. The lowest BCUT2D eigenvalue weighted by atomic mass is 10.2. The van der Waals surface area contributed by atoms with Gasteiger partial charge in [0.05, 0.1) is 18.0 Å². The number of ether oxygens (including phenoxy) is 1. The zero-order valence-corrected chi connectivity index (χ0v) is 17.3. The monoisotopic (exact) mass is 397 g/mol. The molecule has 3 rings (SSSR count). The predicted octanol–water partition coefficient (Wildman–Crippen LogP) is 1.86. The molecule has 1 atom stereocenters. The average Bonchev–Trinajstić information content (AvgIpc) is 3.19. The molecule has 1 saturated heterocycles. The van der Waals surface area contributed by atoms with Gasteiger partial charge in [-0.3, -0.25) is 4.68 Å². The summed E-state index contributed by atoms with van der Waals surface area (Å²) < 4.78 is 41.1. The van der Waals surface area contributed by atoms with Crippen LogP contribution in [0.15, 0.2) is 9.31 Å². The van der Waals surface area contributed by atoms with E-state index < -0.39 is 16.1 Å². The summed E-state index contributed by atoms with van der Waals surface area (Å²) in [4.78, 5) is 0.281. The Kier molecular flexibility index (Phi) is 5.68. The fourth-order valence-corrected chi connectivity index (χ4v) is 5.04. The van der Waals surface area contributed by atoms with E-state index in [4.69, 9.17) is 9.15 Å². The second-order valence-electron chi connectivity index (χ2n) is 7.19. The van der Waals surface area contributed by atoms with Crippen LogP contribution in [0.25, 0.3) is 0 Å². The number of aromatic nitrogens is 4. The summed E-state index contributed by atoms with van der Waals surface area (Å²) in [7, 11) is -3.70. The van der Waals surface area contributed by atoms with E-state index >= 15 is 0 Å². The fraction of sp³-hybridized carbons (Fsp3) is 0.706. The van der Waals surface area contributed by atoms with Crippen LogP contribution in [0.2, 0.25) is 0 Å². The normalized spacial score (nSPS) is 19.1. The van der Waals surface area contributed by atoms with E-state index in [1.807, 2.05) is 6.92 Å². The molecule has 27 heavy (non-hydrogen) atoms. The molecule has 1 fully saturated rings. The van der Waals surface area contributed by atoms with Crippen LogP contribution in [0.1, 0.15) is 50.0 Å². The van der Waals surface area contributed by atoms with Crippen molar-refractivity contribution in [3.63, 3.8) is 0 Å². The van der Waals surface area contributed by atoms with E-state index in [0.29, 0.717) is 42.1 Å². The summed E-state index contributed by atoms with van der Waals surface area (Å²) in [5.41, 5.74) is 1.18. The van der Waals surface area contributed by atoms with Gasteiger partial charge < -0.3 is 9.15 Å². The van der Waals surface area contributed by atoms with Gasteiger partial charge >= 0.3 is 0 Å². The van der Waals surface area contributed by atoms with Crippen LogP contribution in [-0.2, 0) is 27.7 Å². The minimum absolute atomic E-state index is 0.141. The van der Waals surface area contributed by atoms with Gasteiger partial charge in [-0.1, -0.05) is 20.8 Å². The van der Waals surface area contributed by atoms with Crippen molar-refractivity contribution >= 4 is 10.0 Å². The van der Waals surface area contributed by atoms with Crippen LogP contribution in [0.4, 0.5) is 0 Å². The van der Waals surface area contributed by atoms with Crippen molar-refractivity contribution < 1.29 is 17.6 Å². The first-order valence-electron chi connectivity index (χ1n) is 9.22. The number of hydrogen-bond acceptors (Lipinski definition) is 7. The van der Waals surface area contributed by atoms with Gasteiger partial charge in [-0.2, -0.15) is 9.40 Å². The van der Waals surface area contributed by atoms with Crippen molar-refractivity contribution in [2.75, 3.05) is 19.7 Å². The van der Waals surface area contributed by atoms with Crippen LogP contribution in [-0.4, -0.2) is 52.4 Å². The summed E-state index contributed by atoms with van der Waals surface area (Å²) in [6.07, 6.45) is 0.0578. The third kappa shape index (κ3) is 3.92. The van der Waals surface area contributed by atoms with Crippen molar-refractivity contribution in [2.45, 2.75) is 58.6 Å². The number of aryl methyl sites for hydroxylation is 2. The van der Waals surface area contributed by atoms with E-state index in [1.165, 1.54) is 4.31 Å². The zero-order valence-electron chi connectivity index (χ0n) is 16.5. The smallest absolute Gasteiger partial charge is 0.246 e. The van der Waals surface area contributed by atoms with Crippen LogP contribution in [0.5, 0.6) is 0 Å². The molecule has 1 aliphatic heterocycles. The highest BCUT2D eigenvalue weighted by molar-refractivity contribution is 7.89. The maximum Gasteiger partial charge on any atom is 0.246 e. The second kappa shape index (κ2) is 7.69. The minimum atomic E-state index is -3.70. The van der Waals surface area contributed by atoms with Gasteiger partial charge in [0.2, 0.25) is 21.8 Å². The molecule has 150 valence electrons. The number of rotatable bonds is 6. The predicted molar refractivity (Wildman–Crippen MR) is 97.7 cm³/mol. The van der Waals surface area contributed by atoms with Crippen LogP contribution in [0.3, 0.4) is 0 Å². The van der Waals surface area contributed by atoms with E-state index in [2.05, 4.69) is 29.1 Å². The molecule has 0 bridgehead atoms. The zero-order chi connectivity index (χ0) is 19.8. The van der Waals surface area contributed by atoms with Crippen molar-refractivity contribution in [3.8, 4) is 0 Å². The van der Waals surface area contributed by atoms with Gasteiger partial charge in [-0.15, -0.1) is 10.2 Å². The lowest BCUT2D eigenvalue weighted by Gasteiger charge is -2.30. The molecule has 9 nitrogen and oxygen atoms in total. The highest BCUT2D eigenvalue weighted by atomic mass is 32.2. The number of nitrogens with zero attached hydrogens (tertiary/aromatic N) is 5. The van der Waals surface area contributed by atoms with Crippen LogP contribution in [0, 0.1) is 19.8 Å². The van der Waals surface area contributed by atoms with E-state index in [9.17, 15) is 8.42 Å². The fourth-order valence-electron chi connectivity index (χ4n) is 3.24. The number of morpholine rings is 1. The second-order valence-corrected chi connectivity index (χ2v) is 9.06. The van der Waals surface area contributed by atoms with Crippen molar-refractivity contribution in [1.82, 2.24) is 24.3 Å². The van der Waals surface area contributed by atoms with E-state index in [0.717, 1.165) is 0 Å². The third-order valence-corrected chi connectivity index (χ3v) is 6.66. The molecular formula is C17H27N5O4S. The molecule has 0 radical (unpaired) electrons. The number of hydrogen-bond donors (Lipinski definition) is 0.